The van der Waals surface area contributed by atoms with Crippen molar-refractivity contribution in [3.63, 3.8) is 0 Å². The molecule has 0 saturated carbocycles. The summed E-state index contributed by atoms with van der Waals surface area (Å²) in [7, 11) is 0. The summed E-state index contributed by atoms with van der Waals surface area (Å²) in [6.45, 7) is 14.9. The van der Waals surface area contributed by atoms with Crippen LogP contribution in [0, 0.1) is 5.92 Å². The Morgan fingerprint density at radius 2 is 1.62 bits per heavy atom. The van der Waals surface area contributed by atoms with Gasteiger partial charge in [0, 0.05) is 43.8 Å². The van der Waals surface area contributed by atoms with Crippen LogP contribution >= 0.6 is 0 Å². The molecule has 1 amide bonds. The molecule has 2 aliphatic heterocycles. The zero-order chi connectivity index (χ0) is 19.5. The first-order valence-corrected chi connectivity index (χ1v) is 9.60. The second kappa shape index (κ2) is 8.23. The van der Waals surface area contributed by atoms with Crippen LogP contribution in [-0.2, 0) is 14.3 Å². The Hall–Kier alpha value is -1.18. The highest BCUT2D eigenvalue weighted by Gasteiger charge is 2.37. The SMILES string of the molecule is CC(C)(C)N1CCC(C(=O)OCC(C)(C)N2CCN(C(=O)CO)CC2)C1. The lowest BCUT2D eigenvalue weighted by Crippen LogP contribution is -2.57. The number of hydrogen-bond acceptors (Lipinski definition) is 6. The van der Waals surface area contributed by atoms with Crippen molar-refractivity contribution in [3.05, 3.63) is 0 Å². The Kier molecular flexibility index (Phi) is 6.69. The minimum Gasteiger partial charge on any atom is -0.463 e. The number of rotatable bonds is 5. The van der Waals surface area contributed by atoms with E-state index in [2.05, 4.69) is 44.4 Å². The van der Waals surface area contributed by atoms with Crippen LogP contribution in [0.1, 0.15) is 41.0 Å². The van der Waals surface area contributed by atoms with E-state index in [1.54, 1.807) is 4.90 Å². The van der Waals surface area contributed by atoms with Crippen molar-refractivity contribution >= 4 is 11.9 Å². The van der Waals surface area contributed by atoms with E-state index < -0.39 is 6.61 Å². The van der Waals surface area contributed by atoms with Crippen LogP contribution in [0.15, 0.2) is 0 Å². The largest absolute Gasteiger partial charge is 0.463 e. The zero-order valence-electron chi connectivity index (χ0n) is 17.0. The molecule has 2 aliphatic rings. The molecule has 150 valence electrons. The molecule has 0 aliphatic carbocycles. The fourth-order valence-electron chi connectivity index (χ4n) is 3.68. The maximum absolute atomic E-state index is 12.5. The molecule has 2 saturated heterocycles. The van der Waals surface area contributed by atoms with Gasteiger partial charge in [0.25, 0.3) is 0 Å². The molecule has 0 bridgehead atoms. The second-order valence-electron chi connectivity index (χ2n) is 9.05. The highest BCUT2D eigenvalue weighted by atomic mass is 16.5. The van der Waals surface area contributed by atoms with Crippen molar-refractivity contribution in [3.8, 4) is 0 Å². The number of aliphatic hydroxyl groups is 1. The van der Waals surface area contributed by atoms with Crippen LogP contribution in [0.3, 0.4) is 0 Å². The molecule has 2 heterocycles. The van der Waals surface area contributed by atoms with E-state index in [0.29, 0.717) is 19.7 Å². The van der Waals surface area contributed by atoms with E-state index in [1.165, 1.54) is 0 Å². The van der Waals surface area contributed by atoms with Crippen LogP contribution in [-0.4, -0.2) is 95.2 Å². The second-order valence-corrected chi connectivity index (χ2v) is 9.05. The van der Waals surface area contributed by atoms with Gasteiger partial charge in [-0.3, -0.25) is 19.4 Å². The lowest BCUT2D eigenvalue weighted by Gasteiger charge is -2.43. The third kappa shape index (κ3) is 5.18. The lowest BCUT2D eigenvalue weighted by atomic mass is 10.0. The van der Waals surface area contributed by atoms with Gasteiger partial charge in [0.05, 0.1) is 5.92 Å². The summed E-state index contributed by atoms with van der Waals surface area (Å²) < 4.78 is 5.67. The van der Waals surface area contributed by atoms with Gasteiger partial charge in [0.15, 0.2) is 0 Å². The summed E-state index contributed by atoms with van der Waals surface area (Å²) in [5.41, 5.74) is -0.188. The minimum absolute atomic E-state index is 0.0379. The number of amides is 1. The molecule has 2 fully saturated rings. The quantitative estimate of drug-likeness (QED) is 0.714. The number of likely N-dealkylation sites (tertiary alicyclic amines) is 1. The number of ether oxygens (including phenoxy) is 1. The topological polar surface area (TPSA) is 73.3 Å². The molecule has 7 heteroatoms. The van der Waals surface area contributed by atoms with Crippen LogP contribution in [0.2, 0.25) is 0 Å². The fraction of sp³-hybridized carbons (Fsp3) is 0.895. The number of esters is 1. The van der Waals surface area contributed by atoms with E-state index in [1.807, 2.05) is 0 Å². The molecule has 2 rings (SSSR count). The number of nitrogens with zero attached hydrogens (tertiary/aromatic N) is 3. The van der Waals surface area contributed by atoms with Gasteiger partial charge < -0.3 is 14.7 Å². The molecule has 0 spiro atoms. The summed E-state index contributed by atoms with van der Waals surface area (Å²) in [5.74, 6) is -0.360. The van der Waals surface area contributed by atoms with E-state index in [4.69, 9.17) is 9.84 Å². The fourth-order valence-corrected chi connectivity index (χ4v) is 3.68. The van der Waals surface area contributed by atoms with Gasteiger partial charge in [0.1, 0.15) is 13.2 Å². The predicted octanol–water partition coefficient (Wildman–Crippen LogP) is 0.565. The number of carbonyl (C=O) groups is 2. The highest BCUT2D eigenvalue weighted by molar-refractivity contribution is 5.77. The number of piperazine rings is 1. The summed E-state index contributed by atoms with van der Waals surface area (Å²) >= 11 is 0. The third-order valence-electron chi connectivity index (χ3n) is 5.66. The van der Waals surface area contributed by atoms with Gasteiger partial charge in [0.2, 0.25) is 5.91 Å². The predicted molar refractivity (Wildman–Crippen MR) is 99.7 cm³/mol. The van der Waals surface area contributed by atoms with Crippen LogP contribution in [0.25, 0.3) is 0 Å². The zero-order valence-corrected chi connectivity index (χ0v) is 17.0. The summed E-state index contributed by atoms with van der Waals surface area (Å²) in [5, 5.41) is 8.97. The van der Waals surface area contributed by atoms with E-state index in [0.717, 1.165) is 32.6 Å². The smallest absolute Gasteiger partial charge is 0.310 e. The van der Waals surface area contributed by atoms with Gasteiger partial charge in [-0.05, 0) is 47.6 Å². The molecular weight excluding hydrogens is 334 g/mol. The molecule has 7 nitrogen and oxygen atoms in total. The first-order chi connectivity index (χ1) is 12.0. The van der Waals surface area contributed by atoms with Crippen LogP contribution in [0.5, 0.6) is 0 Å². The van der Waals surface area contributed by atoms with Gasteiger partial charge in [-0.1, -0.05) is 0 Å². The maximum atomic E-state index is 12.5. The molecular formula is C19H35N3O4. The Morgan fingerprint density at radius 3 is 2.12 bits per heavy atom. The highest BCUT2D eigenvalue weighted by Crippen LogP contribution is 2.26. The average Bonchev–Trinajstić information content (AvgIpc) is 3.09. The number of aliphatic hydroxyl groups excluding tert-OH is 1. The monoisotopic (exact) mass is 369 g/mol. The Labute approximate surface area is 157 Å². The Morgan fingerprint density at radius 1 is 1.00 bits per heavy atom. The van der Waals surface area contributed by atoms with Gasteiger partial charge in [-0.15, -0.1) is 0 Å². The molecule has 0 aromatic heterocycles. The normalized spacial score (nSPS) is 23.3. The standard InChI is InChI=1S/C19H35N3O4/c1-18(2,3)22-7-6-15(12-22)17(25)26-14-19(4,5)21-10-8-20(9-11-21)16(24)13-23/h15,23H,6-14H2,1-5H3. The third-order valence-corrected chi connectivity index (χ3v) is 5.66. The van der Waals surface area contributed by atoms with Crippen molar-refractivity contribution in [2.45, 2.75) is 52.1 Å². The first kappa shape index (κ1) is 21.1. The summed E-state index contributed by atoms with van der Waals surface area (Å²) in [6, 6.07) is 0. The molecule has 0 aromatic carbocycles. The van der Waals surface area contributed by atoms with Crippen molar-refractivity contribution in [1.82, 2.24) is 14.7 Å². The molecule has 0 aromatic rings. The summed E-state index contributed by atoms with van der Waals surface area (Å²) in [4.78, 5) is 30.3. The van der Waals surface area contributed by atoms with E-state index >= 15 is 0 Å². The van der Waals surface area contributed by atoms with Crippen LogP contribution in [0.4, 0.5) is 0 Å². The molecule has 1 N–H and O–H groups in total. The first-order valence-electron chi connectivity index (χ1n) is 9.60. The summed E-state index contributed by atoms with van der Waals surface area (Å²) in [6.07, 6.45) is 0.860. The lowest BCUT2D eigenvalue weighted by molar-refractivity contribution is -0.152. The van der Waals surface area contributed by atoms with Crippen molar-refractivity contribution < 1.29 is 19.4 Å². The van der Waals surface area contributed by atoms with Gasteiger partial charge >= 0.3 is 5.97 Å². The number of hydrogen-bond donors (Lipinski definition) is 1. The number of carbonyl (C=O) groups excluding carboxylic acids is 2. The minimum atomic E-state index is -0.437. The average molecular weight is 370 g/mol. The van der Waals surface area contributed by atoms with E-state index in [9.17, 15) is 9.59 Å². The molecule has 0 radical (unpaired) electrons. The van der Waals surface area contributed by atoms with E-state index in [-0.39, 0.29) is 28.9 Å². The van der Waals surface area contributed by atoms with Crippen LogP contribution < -0.4 is 0 Å². The maximum Gasteiger partial charge on any atom is 0.310 e. The molecule has 1 atom stereocenters. The molecule has 26 heavy (non-hydrogen) atoms. The van der Waals surface area contributed by atoms with Gasteiger partial charge in [-0.25, -0.2) is 0 Å². The van der Waals surface area contributed by atoms with Crippen molar-refractivity contribution in [1.29, 1.82) is 0 Å². The Balaban J connectivity index is 1.79. The van der Waals surface area contributed by atoms with Crippen molar-refractivity contribution in [2.75, 3.05) is 52.5 Å². The van der Waals surface area contributed by atoms with Crippen molar-refractivity contribution in [2.24, 2.45) is 5.92 Å². The van der Waals surface area contributed by atoms with Gasteiger partial charge in [-0.2, -0.15) is 0 Å². The molecule has 1 unspecified atom stereocenters. The Bertz CT molecular complexity index is 507.